The van der Waals surface area contributed by atoms with E-state index in [1.807, 2.05) is 13.8 Å². The fourth-order valence-electron chi connectivity index (χ4n) is 2.62. The zero-order chi connectivity index (χ0) is 14.3. The van der Waals surface area contributed by atoms with Crippen molar-refractivity contribution in [3.63, 3.8) is 0 Å². The first kappa shape index (κ1) is 18.3. The van der Waals surface area contributed by atoms with Crippen molar-refractivity contribution in [3.8, 4) is 0 Å². The molecule has 2 saturated carbocycles. The quantitative estimate of drug-likeness (QED) is 0.739. The molecule has 0 atom stereocenters. The number of aliphatic imine (C=N–C) groups is 2. The van der Waals surface area contributed by atoms with Gasteiger partial charge in [0.1, 0.15) is 0 Å². The molecule has 2 aliphatic rings. The second-order valence-electron chi connectivity index (χ2n) is 4.94. The van der Waals surface area contributed by atoms with Gasteiger partial charge in [-0.25, -0.2) is 9.98 Å². The lowest BCUT2D eigenvalue weighted by atomic mass is 9.96. The minimum absolute atomic E-state index is 0.533. The molecule has 0 aliphatic heterocycles. The maximum absolute atomic E-state index is 4.50. The van der Waals surface area contributed by atoms with E-state index in [4.69, 9.17) is 0 Å². The van der Waals surface area contributed by atoms with Gasteiger partial charge in [0.25, 0.3) is 0 Å². The number of hydrogen-bond acceptors (Lipinski definition) is 3. The van der Waals surface area contributed by atoms with Gasteiger partial charge in [0, 0.05) is 0 Å². The highest BCUT2D eigenvalue weighted by Gasteiger charge is 2.12. The summed E-state index contributed by atoms with van der Waals surface area (Å²) in [7, 11) is 1.50. The van der Waals surface area contributed by atoms with E-state index in [9.17, 15) is 0 Å². The molecule has 2 fully saturated rings. The summed E-state index contributed by atoms with van der Waals surface area (Å²) in [6.45, 7) is 4.00. The summed E-state index contributed by atoms with van der Waals surface area (Å²) in [4.78, 5) is 8.92. The van der Waals surface area contributed by atoms with Crippen LogP contribution in [0.2, 0.25) is 0 Å². The Kier molecular flexibility index (Phi) is 13.3. The Balaban J connectivity index is 0.000000741. The van der Waals surface area contributed by atoms with Crippen molar-refractivity contribution in [2.24, 2.45) is 15.7 Å². The zero-order valence-electron chi connectivity index (χ0n) is 13.2. The fraction of sp³-hybridized carbons (Fsp3) is 0.938. The van der Waals surface area contributed by atoms with Crippen LogP contribution >= 0.6 is 0 Å². The Bertz CT molecular complexity index is 210. The first-order valence-corrected chi connectivity index (χ1v) is 8.17. The summed E-state index contributed by atoms with van der Waals surface area (Å²) >= 11 is 0. The van der Waals surface area contributed by atoms with Crippen LogP contribution in [0.4, 0.5) is 0 Å². The monoisotopic (exact) mass is 267 g/mol. The van der Waals surface area contributed by atoms with Gasteiger partial charge >= 0.3 is 0 Å². The molecule has 112 valence electrons. The summed E-state index contributed by atoms with van der Waals surface area (Å²) in [5.74, 6) is 0. The van der Waals surface area contributed by atoms with Gasteiger partial charge in [-0.1, -0.05) is 52.4 Å². The molecule has 2 N–H and O–H groups in total. The van der Waals surface area contributed by atoms with E-state index in [-0.39, 0.29) is 0 Å². The summed E-state index contributed by atoms with van der Waals surface area (Å²) in [6.07, 6.45) is 13.2. The van der Waals surface area contributed by atoms with Crippen LogP contribution in [0.1, 0.15) is 78.1 Å². The molecule has 0 aromatic heterocycles. The smallest absolute Gasteiger partial charge is 0.0898 e. The maximum Gasteiger partial charge on any atom is 0.0898 e. The van der Waals surface area contributed by atoms with E-state index in [0.717, 1.165) is 0 Å². The Hall–Kier alpha value is -0.660. The highest BCUT2D eigenvalue weighted by atomic mass is 14.9. The van der Waals surface area contributed by atoms with Gasteiger partial charge in [0.15, 0.2) is 0 Å². The molecule has 0 aromatic carbocycles. The largest absolute Gasteiger partial charge is 0.333 e. The van der Waals surface area contributed by atoms with Crippen LogP contribution in [0.25, 0.3) is 0 Å². The van der Waals surface area contributed by atoms with E-state index >= 15 is 0 Å². The summed E-state index contributed by atoms with van der Waals surface area (Å²) in [6, 6.07) is 4.04. The summed E-state index contributed by atoms with van der Waals surface area (Å²) in [5.41, 5.74) is 4.50. The molecule has 3 heteroatoms. The lowest BCUT2D eigenvalue weighted by Crippen LogP contribution is -2.10. The van der Waals surface area contributed by atoms with Gasteiger partial charge in [-0.15, -0.1) is 0 Å². The van der Waals surface area contributed by atoms with Crippen molar-refractivity contribution in [2.45, 2.75) is 90.1 Å². The first-order chi connectivity index (χ1) is 9.45. The predicted molar refractivity (Wildman–Crippen MR) is 85.1 cm³/mol. The average Bonchev–Trinajstić information content (AvgIpc) is 2.53. The molecule has 0 bridgehead atoms. The third-order valence-corrected chi connectivity index (χ3v) is 3.63. The molecule has 2 aliphatic carbocycles. The van der Waals surface area contributed by atoms with Crippen molar-refractivity contribution in [1.82, 2.24) is 0 Å². The second-order valence-corrected chi connectivity index (χ2v) is 4.94. The maximum atomic E-state index is 4.50. The highest BCUT2D eigenvalue weighted by molar-refractivity contribution is 5.42. The van der Waals surface area contributed by atoms with Crippen molar-refractivity contribution in [3.05, 3.63) is 0 Å². The summed E-state index contributed by atoms with van der Waals surface area (Å²) < 4.78 is 0. The average molecular weight is 267 g/mol. The summed E-state index contributed by atoms with van der Waals surface area (Å²) in [5, 5.41) is 0. The minimum Gasteiger partial charge on any atom is -0.333 e. The molecule has 0 spiro atoms. The molecule has 0 heterocycles. The Labute approximate surface area is 119 Å². The highest BCUT2D eigenvalue weighted by Crippen LogP contribution is 2.21. The molecule has 19 heavy (non-hydrogen) atoms. The van der Waals surface area contributed by atoms with E-state index in [0.29, 0.717) is 12.1 Å². The van der Waals surface area contributed by atoms with Crippen LogP contribution in [0.15, 0.2) is 9.98 Å². The predicted octanol–water partition coefficient (Wildman–Crippen LogP) is 4.43. The molecule has 0 aromatic rings. The van der Waals surface area contributed by atoms with Crippen molar-refractivity contribution in [2.75, 3.05) is 7.05 Å². The van der Waals surface area contributed by atoms with E-state index < -0.39 is 0 Å². The molecular weight excluding hydrogens is 234 g/mol. The van der Waals surface area contributed by atoms with Gasteiger partial charge in [0.2, 0.25) is 0 Å². The lowest BCUT2D eigenvalue weighted by Gasteiger charge is -2.17. The van der Waals surface area contributed by atoms with Gasteiger partial charge in [-0.2, -0.15) is 0 Å². The first-order valence-electron chi connectivity index (χ1n) is 8.17. The van der Waals surface area contributed by atoms with Crippen LogP contribution in [-0.4, -0.2) is 25.1 Å². The third-order valence-electron chi connectivity index (χ3n) is 3.63. The molecular formula is C16H33N3. The van der Waals surface area contributed by atoms with Gasteiger partial charge in [-0.05, 0) is 32.7 Å². The number of nitrogens with two attached hydrogens (primary N) is 1. The number of rotatable bonds is 2. The molecule has 3 nitrogen and oxygen atoms in total. The Morgan fingerprint density at radius 3 is 1.32 bits per heavy atom. The Morgan fingerprint density at radius 2 is 1.00 bits per heavy atom. The van der Waals surface area contributed by atoms with Crippen LogP contribution in [0.5, 0.6) is 0 Å². The van der Waals surface area contributed by atoms with Crippen molar-refractivity contribution >= 4 is 6.01 Å². The number of nitrogens with zero attached hydrogens (tertiary/aromatic N) is 2. The molecule has 0 radical (unpaired) electrons. The van der Waals surface area contributed by atoms with Gasteiger partial charge < -0.3 is 5.73 Å². The molecule has 0 saturated heterocycles. The third kappa shape index (κ3) is 8.96. The van der Waals surface area contributed by atoms with Gasteiger partial charge in [-0.3, -0.25) is 0 Å². The molecule has 2 rings (SSSR count). The van der Waals surface area contributed by atoms with Crippen LogP contribution < -0.4 is 5.73 Å². The van der Waals surface area contributed by atoms with E-state index in [2.05, 4.69) is 21.7 Å². The second kappa shape index (κ2) is 13.8. The fourth-order valence-corrected chi connectivity index (χ4v) is 2.62. The van der Waals surface area contributed by atoms with Crippen LogP contribution in [0.3, 0.4) is 0 Å². The molecule has 0 unspecified atom stereocenters. The molecule has 0 amide bonds. The van der Waals surface area contributed by atoms with E-state index in [1.165, 1.54) is 71.3 Å². The van der Waals surface area contributed by atoms with Crippen LogP contribution in [-0.2, 0) is 0 Å². The van der Waals surface area contributed by atoms with Crippen molar-refractivity contribution in [1.29, 1.82) is 0 Å². The topological polar surface area (TPSA) is 50.7 Å². The van der Waals surface area contributed by atoms with Crippen LogP contribution in [0, 0.1) is 0 Å². The Morgan fingerprint density at radius 1 is 0.684 bits per heavy atom. The van der Waals surface area contributed by atoms with Gasteiger partial charge in [0.05, 0.1) is 18.1 Å². The normalized spacial score (nSPS) is 20.0. The number of hydrogen-bond donors (Lipinski definition) is 1. The SMILES string of the molecule is C(=NC1CCCCC1)=NC1CCCCC1.CC.CN. The standard InChI is InChI=1S/C13H22N2.C2H6.CH5N/c1-3-7-12(8-4-1)14-11-15-13-9-5-2-6-10-13;2*1-2/h12-13H,1-10H2;1-2H3;2H2,1H3. The minimum atomic E-state index is 0.533. The lowest BCUT2D eigenvalue weighted by molar-refractivity contribution is 0.438. The van der Waals surface area contributed by atoms with Crippen molar-refractivity contribution < 1.29 is 0 Å². The zero-order valence-corrected chi connectivity index (χ0v) is 13.2. The van der Waals surface area contributed by atoms with E-state index in [1.54, 1.807) is 0 Å².